The zero-order chi connectivity index (χ0) is 10.1. The van der Waals surface area contributed by atoms with Crippen LogP contribution in [0.5, 0.6) is 0 Å². The molecule has 0 amide bonds. The lowest BCUT2D eigenvalue weighted by Crippen LogP contribution is -2.26. The first kappa shape index (κ1) is 10.2. The average molecular weight is 183 g/mol. The molecule has 1 atom stereocenters. The third-order valence-electron chi connectivity index (χ3n) is 2.07. The van der Waals surface area contributed by atoms with E-state index in [-0.39, 0.29) is 0 Å². The van der Waals surface area contributed by atoms with Gasteiger partial charge in [-0.2, -0.15) is 0 Å². The van der Waals surface area contributed by atoms with Crippen LogP contribution in [0.1, 0.15) is 32.9 Å². The molecular weight excluding hydrogens is 166 g/mol. The lowest BCUT2D eigenvalue weighted by molar-refractivity contribution is 0.0269. The summed E-state index contributed by atoms with van der Waals surface area (Å²) in [6.07, 6.45) is 2.33. The summed E-state index contributed by atoms with van der Waals surface area (Å²) in [7, 11) is 1.79. The van der Waals surface area contributed by atoms with Crippen LogP contribution in [0, 0.1) is 5.92 Å². The van der Waals surface area contributed by atoms with E-state index in [1.165, 1.54) is 0 Å². The second-order valence-corrected chi connectivity index (χ2v) is 4.11. The van der Waals surface area contributed by atoms with Gasteiger partial charge in [-0.1, -0.05) is 19.1 Å². The monoisotopic (exact) mass is 183 g/mol. The molecule has 74 valence electrons. The van der Waals surface area contributed by atoms with Crippen LogP contribution in [0.4, 0.5) is 0 Å². The van der Waals surface area contributed by atoms with Gasteiger partial charge < -0.3 is 5.11 Å². The van der Waals surface area contributed by atoms with Crippen molar-refractivity contribution >= 4 is 0 Å². The van der Waals surface area contributed by atoms with Gasteiger partial charge in [0.15, 0.2) is 0 Å². The molecule has 0 radical (unpaired) electrons. The van der Waals surface area contributed by atoms with Crippen molar-refractivity contribution in [2.45, 2.75) is 32.8 Å². The van der Waals surface area contributed by atoms with Crippen molar-refractivity contribution in [3.63, 3.8) is 0 Å². The van der Waals surface area contributed by atoms with Gasteiger partial charge in [0, 0.05) is 7.05 Å². The summed E-state index contributed by atoms with van der Waals surface area (Å²) in [6, 6.07) is 0. The number of nitrogens with zero attached hydrogens (tertiary/aromatic N) is 3. The molecule has 1 unspecified atom stereocenters. The van der Waals surface area contributed by atoms with Crippen molar-refractivity contribution in [3.8, 4) is 0 Å². The highest BCUT2D eigenvalue weighted by Gasteiger charge is 2.27. The predicted molar refractivity (Wildman–Crippen MR) is 50.0 cm³/mol. The molecule has 0 spiro atoms. The fourth-order valence-corrected chi connectivity index (χ4v) is 1.68. The minimum Gasteiger partial charge on any atom is -0.384 e. The van der Waals surface area contributed by atoms with Gasteiger partial charge >= 0.3 is 0 Å². The van der Waals surface area contributed by atoms with Crippen LogP contribution < -0.4 is 0 Å². The van der Waals surface area contributed by atoms with Crippen LogP contribution >= 0.6 is 0 Å². The molecule has 13 heavy (non-hydrogen) atoms. The van der Waals surface area contributed by atoms with Crippen molar-refractivity contribution in [1.29, 1.82) is 0 Å². The molecule has 4 heteroatoms. The molecular formula is C9H17N3O. The van der Waals surface area contributed by atoms with Gasteiger partial charge in [0.1, 0.15) is 5.60 Å². The third kappa shape index (κ3) is 2.28. The van der Waals surface area contributed by atoms with E-state index >= 15 is 0 Å². The SMILES string of the molecule is CC(C)CC(C)(O)c1cnnn1C. The molecule has 1 N–H and O–H groups in total. The van der Waals surface area contributed by atoms with Gasteiger partial charge in [0.25, 0.3) is 0 Å². The molecule has 0 aliphatic rings. The molecule has 0 aliphatic heterocycles. The van der Waals surface area contributed by atoms with Gasteiger partial charge in [-0.05, 0) is 19.3 Å². The summed E-state index contributed by atoms with van der Waals surface area (Å²) >= 11 is 0. The Hall–Kier alpha value is -0.900. The maximum Gasteiger partial charge on any atom is 0.105 e. The predicted octanol–water partition coefficient (Wildman–Crippen LogP) is 1.07. The van der Waals surface area contributed by atoms with Gasteiger partial charge in [-0.25, -0.2) is 4.68 Å². The van der Waals surface area contributed by atoms with E-state index in [9.17, 15) is 5.11 Å². The van der Waals surface area contributed by atoms with Gasteiger partial charge in [-0.3, -0.25) is 0 Å². The van der Waals surface area contributed by atoms with E-state index in [1.807, 2.05) is 0 Å². The number of rotatable bonds is 3. The number of aromatic nitrogens is 3. The quantitative estimate of drug-likeness (QED) is 0.762. The molecule has 0 saturated heterocycles. The first-order chi connectivity index (χ1) is 5.93. The highest BCUT2D eigenvalue weighted by Crippen LogP contribution is 2.26. The smallest absolute Gasteiger partial charge is 0.105 e. The van der Waals surface area contributed by atoms with E-state index in [0.717, 1.165) is 5.69 Å². The molecule has 0 aliphatic carbocycles. The summed E-state index contributed by atoms with van der Waals surface area (Å²) in [4.78, 5) is 0. The summed E-state index contributed by atoms with van der Waals surface area (Å²) < 4.78 is 1.61. The number of hydrogen-bond acceptors (Lipinski definition) is 3. The van der Waals surface area contributed by atoms with Crippen molar-refractivity contribution in [1.82, 2.24) is 15.0 Å². The maximum absolute atomic E-state index is 10.1. The molecule has 0 aromatic carbocycles. The van der Waals surface area contributed by atoms with Gasteiger partial charge in [0.05, 0.1) is 11.9 Å². The highest BCUT2D eigenvalue weighted by atomic mass is 16.3. The van der Waals surface area contributed by atoms with Crippen molar-refractivity contribution in [2.75, 3.05) is 0 Å². The Morgan fingerprint density at radius 2 is 2.23 bits per heavy atom. The zero-order valence-corrected chi connectivity index (χ0v) is 8.65. The third-order valence-corrected chi connectivity index (χ3v) is 2.07. The summed E-state index contributed by atoms with van der Waals surface area (Å²) in [5.41, 5.74) is -0.0620. The van der Waals surface area contributed by atoms with Crippen molar-refractivity contribution in [2.24, 2.45) is 13.0 Å². The largest absolute Gasteiger partial charge is 0.384 e. The van der Waals surface area contributed by atoms with E-state index < -0.39 is 5.60 Å². The van der Waals surface area contributed by atoms with Crippen LogP contribution in [0.25, 0.3) is 0 Å². The molecule has 0 saturated carbocycles. The van der Waals surface area contributed by atoms with Crippen molar-refractivity contribution in [3.05, 3.63) is 11.9 Å². The Balaban J connectivity index is 2.87. The van der Waals surface area contributed by atoms with Crippen LogP contribution in [-0.2, 0) is 12.6 Å². The first-order valence-corrected chi connectivity index (χ1v) is 4.51. The fraction of sp³-hybridized carbons (Fsp3) is 0.778. The Kier molecular flexibility index (Phi) is 2.71. The minimum atomic E-state index is -0.827. The second kappa shape index (κ2) is 3.46. The van der Waals surface area contributed by atoms with Crippen molar-refractivity contribution < 1.29 is 5.11 Å². The molecule has 4 nitrogen and oxygen atoms in total. The van der Waals surface area contributed by atoms with Crippen LogP contribution in [0.3, 0.4) is 0 Å². The van der Waals surface area contributed by atoms with Crippen LogP contribution in [0.15, 0.2) is 6.20 Å². The standard InChI is InChI=1S/C9H17N3O/c1-7(2)5-9(3,13)8-6-10-11-12(8)4/h6-7,13H,5H2,1-4H3. The lowest BCUT2D eigenvalue weighted by Gasteiger charge is -2.24. The van der Waals surface area contributed by atoms with E-state index in [2.05, 4.69) is 24.2 Å². The van der Waals surface area contributed by atoms with E-state index in [1.54, 1.807) is 24.9 Å². The molecule has 1 aromatic rings. The summed E-state index contributed by atoms with van der Waals surface area (Å²) in [6.45, 7) is 5.96. The molecule has 1 rings (SSSR count). The summed E-state index contributed by atoms with van der Waals surface area (Å²) in [5, 5.41) is 17.7. The number of aliphatic hydroxyl groups is 1. The van der Waals surface area contributed by atoms with Crippen LogP contribution in [-0.4, -0.2) is 20.1 Å². The summed E-state index contributed by atoms with van der Waals surface area (Å²) in [5.74, 6) is 0.449. The van der Waals surface area contributed by atoms with E-state index in [4.69, 9.17) is 0 Å². The topological polar surface area (TPSA) is 50.9 Å². The van der Waals surface area contributed by atoms with E-state index in [0.29, 0.717) is 12.3 Å². The highest BCUT2D eigenvalue weighted by molar-refractivity contribution is 5.05. The Bertz CT molecular complexity index is 278. The molecule has 1 heterocycles. The normalized spacial score (nSPS) is 16.2. The Morgan fingerprint density at radius 1 is 1.62 bits per heavy atom. The lowest BCUT2D eigenvalue weighted by atomic mass is 9.91. The van der Waals surface area contributed by atoms with Gasteiger partial charge in [-0.15, -0.1) is 5.10 Å². The average Bonchev–Trinajstić information content (AvgIpc) is 2.32. The molecule has 0 fully saturated rings. The Labute approximate surface area is 78.6 Å². The van der Waals surface area contributed by atoms with Crippen LogP contribution in [0.2, 0.25) is 0 Å². The number of aryl methyl sites for hydroxylation is 1. The molecule has 0 bridgehead atoms. The molecule has 1 aromatic heterocycles. The second-order valence-electron chi connectivity index (χ2n) is 4.11. The zero-order valence-electron chi connectivity index (χ0n) is 8.65. The minimum absolute atomic E-state index is 0.449. The fourth-order valence-electron chi connectivity index (χ4n) is 1.68. The Morgan fingerprint density at radius 3 is 2.62 bits per heavy atom. The first-order valence-electron chi connectivity index (χ1n) is 4.51. The van der Waals surface area contributed by atoms with Gasteiger partial charge in [0.2, 0.25) is 0 Å². The number of hydrogen-bond donors (Lipinski definition) is 1. The maximum atomic E-state index is 10.1.